The number of primary amides is 1. The zero-order valence-corrected chi connectivity index (χ0v) is 14.2. The van der Waals surface area contributed by atoms with Crippen LogP contribution in [0.25, 0.3) is 0 Å². The Balaban J connectivity index is 2.04. The van der Waals surface area contributed by atoms with Gasteiger partial charge in [-0.05, 0) is 32.0 Å². The van der Waals surface area contributed by atoms with Gasteiger partial charge >= 0.3 is 0 Å². The largest absolute Gasteiger partial charge is 0.366 e. The summed E-state index contributed by atoms with van der Waals surface area (Å²) in [6.07, 6.45) is 1.98. The monoisotopic (exact) mass is 352 g/mol. The molecule has 2 amide bonds. The molecule has 1 aliphatic heterocycles. The van der Waals surface area contributed by atoms with Gasteiger partial charge in [-0.15, -0.1) is 11.8 Å². The highest BCUT2D eigenvalue weighted by Gasteiger charge is 2.24. The molecule has 1 atom stereocenters. The van der Waals surface area contributed by atoms with Crippen molar-refractivity contribution in [3.63, 3.8) is 0 Å². The molecule has 8 nitrogen and oxygen atoms in total. The number of hydrogen-bond donors (Lipinski definition) is 2. The summed E-state index contributed by atoms with van der Waals surface area (Å²) in [4.78, 5) is 36.2. The molecular formula is C15H20N4O4S. The number of nitrogens with zero attached hydrogens (tertiary/aromatic N) is 2. The van der Waals surface area contributed by atoms with Crippen molar-refractivity contribution in [2.24, 2.45) is 5.73 Å². The van der Waals surface area contributed by atoms with Crippen LogP contribution in [0.4, 0.5) is 5.69 Å². The van der Waals surface area contributed by atoms with E-state index in [9.17, 15) is 19.7 Å². The SMILES string of the molecule is CNC1CCCN(C(=O)CSc2ccc(C(N)=O)cc2[N+](=O)[O-])C1. The number of carbonyl (C=O) groups is 2. The molecular weight excluding hydrogens is 332 g/mol. The molecule has 0 radical (unpaired) electrons. The summed E-state index contributed by atoms with van der Waals surface area (Å²) in [7, 11) is 1.87. The van der Waals surface area contributed by atoms with Crippen LogP contribution in [0.15, 0.2) is 23.1 Å². The van der Waals surface area contributed by atoms with E-state index in [0.29, 0.717) is 18.0 Å². The van der Waals surface area contributed by atoms with Gasteiger partial charge in [-0.25, -0.2) is 0 Å². The van der Waals surface area contributed by atoms with Gasteiger partial charge in [-0.1, -0.05) is 0 Å². The first-order valence-electron chi connectivity index (χ1n) is 7.58. The van der Waals surface area contributed by atoms with Gasteiger partial charge in [-0.3, -0.25) is 19.7 Å². The Kier molecular flexibility index (Phi) is 6.16. The molecule has 1 aromatic carbocycles. The van der Waals surface area contributed by atoms with Gasteiger partial charge in [-0.2, -0.15) is 0 Å². The number of nitro groups is 1. The average Bonchev–Trinajstić information content (AvgIpc) is 2.59. The van der Waals surface area contributed by atoms with Gasteiger partial charge < -0.3 is 16.0 Å². The average molecular weight is 352 g/mol. The second-order valence-corrected chi connectivity index (χ2v) is 6.58. The van der Waals surface area contributed by atoms with Crippen molar-refractivity contribution in [2.75, 3.05) is 25.9 Å². The lowest BCUT2D eigenvalue weighted by Crippen LogP contribution is -2.47. The first-order chi connectivity index (χ1) is 11.4. The van der Waals surface area contributed by atoms with Crippen LogP contribution in [0.3, 0.4) is 0 Å². The minimum atomic E-state index is -0.725. The highest BCUT2D eigenvalue weighted by molar-refractivity contribution is 8.00. The number of likely N-dealkylation sites (N-methyl/N-ethyl adjacent to an activating group) is 1. The van der Waals surface area contributed by atoms with Crippen LogP contribution in [0, 0.1) is 10.1 Å². The maximum Gasteiger partial charge on any atom is 0.283 e. The minimum Gasteiger partial charge on any atom is -0.366 e. The Morgan fingerprint density at radius 1 is 1.50 bits per heavy atom. The van der Waals surface area contributed by atoms with E-state index in [2.05, 4.69) is 5.32 Å². The fourth-order valence-corrected chi connectivity index (χ4v) is 3.51. The molecule has 0 aliphatic carbocycles. The normalized spacial score (nSPS) is 17.5. The Hall–Kier alpha value is -2.13. The highest BCUT2D eigenvalue weighted by Crippen LogP contribution is 2.30. The van der Waals surface area contributed by atoms with E-state index in [4.69, 9.17) is 5.73 Å². The zero-order valence-electron chi connectivity index (χ0n) is 13.4. The lowest BCUT2D eigenvalue weighted by molar-refractivity contribution is -0.387. The Bertz CT molecular complexity index is 652. The van der Waals surface area contributed by atoms with Crippen molar-refractivity contribution in [1.82, 2.24) is 10.2 Å². The molecule has 1 heterocycles. The fourth-order valence-electron chi connectivity index (χ4n) is 2.61. The second kappa shape index (κ2) is 8.11. The molecule has 1 fully saturated rings. The van der Waals surface area contributed by atoms with E-state index in [0.717, 1.165) is 30.7 Å². The third kappa shape index (κ3) is 4.45. The predicted molar refractivity (Wildman–Crippen MR) is 91.0 cm³/mol. The third-order valence-corrected chi connectivity index (χ3v) is 5.02. The first-order valence-corrected chi connectivity index (χ1v) is 8.57. The van der Waals surface area contributed by atoms with Crippen molar-refractivity contribution in [2.45, 2.75) is 23.8 Å². The summed E-state index contributed by atoms with van der Waals surface area (Å²) < 4.78 is 0. The summed E-state index contributed by atoms with van der Waals surface area (Å²) in [6.45, 7) is 1.36. The van der Waals surface area contributed by atoms with Crippen molar-refractivity contribution >= 4 is 29.3 Å². The molecule has 1 aromatic rings. The van der Waals surface area contributed by atoms with Crippen LogP contribution in [0.1, 0.15) is 23.2 Å². The van der Waals surface area contributed by atoms with Gasteiger partial charge in [0.2, 0.25) is 11.8 Å². The molecule has 0 spiro atoms. The number of benzene rings is 1. The molecule has 1 unspecified atom stereocenters. The number of rotatable bonds is 6. The zero-order chi connectivity index (χ0) is 17.7. The van der Waals surface area contributed by atoms with E-state index < -0.39 is 10.8 Å². The van der Waals surface area contributed by atoms with Gasteiger partial charge in [0, 0.05) is 30.8 Å². The van der Waals surface area contributed by atoms with Gasteiger partial charge in [0.15, 0.2) is 0 Å². The van der Waals surface area contributed by atoms with Crippen LogP contribution >= 0.6 is 11.8 Å². The molecule has 0 saturated carbocycles. The molecule has 2 rings (SSSR count). The van der Waals surface area contributed by atoms with Crippen molar-refractivity contribution in [3.05, 3.63) is 33.9 Å². The number of nitro benzene ring substituents is 1. The van der Waals surface area contributed by atoms with E-state index >= 15 is 0 Å². The quantitative estimate of drug-likeness (QED) is 0.448. The van der Waals surface area contributed by atoms with Gasteiger partial charge in [0.1, 0.15) is 0 Å². The first kappa shape index (κ1) is 18.2. The number of nitrogens with two attached hydrogens (primary N) is 1. The van der Waals surface area contributed by atoms with E-state index in [1.165, 1.54) is 12.1 Å². The number of thioether (sulfide) groups is 1. The Morgan fingerprint density at radius 3 is 2.88 bits per heavy atom. The predicted octanol–water partition coefficient (Wildman–Crippen LogP) is 0.996. The lowest BCUT2D eigenvalue weighted by atomic mass is 10.1. The van der Waals surface area contributed by atoms with Crippen LogP contribution in [0.5, 0.6) is 0 Å². The number of carbonyl (C=O) groups excluding carboxylic acids is 2. The molecule has 0 aromatic heterocycles. The van der Waals surface area contributed by atoms with E-state index in [1.54, 1.807) is 4.90 Å². The molecule has 24 heavy (non-hydrogen) atoms. The number of amides is 2. The Labute approximate surface area is 143 Å². The van der Waals surface area contributed by atoms with Crippen molar-refractivity contribution in [3.8, 4) is 0 Å². The number of hydrogen-bond acceptors (Lipinski definition) is 6. The standard InChI is InChI=1S/C15H20N4O4S/c1-17-11-3-2-6-18(8-11)14(20)9-24-13-5-4-10(15(16)21)7-12(13)19(22)23/h4-5,7,11,17H,2-3,6,8-9H2,1H3,(H2,16,21). The smallest absolute Gasteiger partial charge is 0.283 e. The second-order valence-electron chi connectivity index (χ2n) is 5.56. The molecule has 1 saturated heterocycles. The van der Waals surface area contributed by atoms with Crippen molar-refractivity contribution < 1.29 is 14.5 Å². The summed E-state index contributed by atoms with van der Waals surface area (Å²) in [5.41, 5.74) is 5.01. The van der Waals surface area contributed by atoms with Gasteiger partial charge in [0.05, 0.1) is 15.6 Å². The number of nitrogens with one attached hydrogen (secondary N) is 1. The molecule has 3 N–H and O–H groups in total. The number of likely N-dealkylation sites (tertiary alicyclic amines) is 1. The fraction of sp³-hybridized carbons (Fsp3) is 0.467. The maximum atomic E-state index is 12.3. The lowest BCUT2D eigenvalue weighted by Gasteiger charge is -2.32. The van der Waals surface area contributed by atoms with Crippen LogP contribution in [-0.4, -0.2) is 53.6 Å². The van der Waals surface area contributed by atoms with E-state index in [1.807, 2.05) is 7.05 Å². The topological polar surface area (TPSA) is 119 Å². The highest BCUT2D eigenvalue weighted by atomic mass is 32.2. The maximum absolute atomic E-state index is 12.3. The summed E-state index contributed by atoms with van der Waals surface area (Å²) in [5.74, 6) is -0.655. The summed E-state index contributed by atoms with van der Waals surface area (Å²) in [6, 6.07) is 4.33. The molecule has 1 aliphatic rings. The summed E-state index contributed by atoms with van der Waals surface area (Å²) >= 11 is 1.10. The Morgan fingerprint density at radius 2 is 2.25 bits per heavy atom. The summed E-state index contributed by atoms with van der Waals surface area (Å²) in [5, 5.41) is 14.3. The van der Waals surface area contributed by atoms with Crippen LogP contribution in [0.2, 0.25) is 0 Å². The van der Waals surface area contributed by atoms with E-state index in [-0.39, 0.29) is 29.0 Å². The number of piperidine rings is 1. The molecule has 130 valence electrons. The van der Waals surface area contributed by atoms with Crippen LogP contribution in [-0.2, 0) is 4.79 Å². The molecule has 9 heteroatoms. The van der Waals surface area contributed by atoms with Gasteiger partial charge in [0.25, 0.3) is 5.69 Å². The molecule has 0 bridgehead atoms. The van der Waals surface area contributed by atoms with Crippen molar-refractivity contribution in [1.29, 1.82) is 0 Å². The minimum absolute atomic E-state index is 0.0479. The van der Waals surface area contributed by atoms with Crippen LogP contribution < -0.4 is 11.1 Å². The third-order valence-electron chi connectivity index (χ3n) is 3.97.